The number of ether oxygens (including phenoxy) is 3. The summed E-state index contributed by atoms with van der Waals surface area (Å²) in [5.74, 6) is 3.69. The Kier molecular flexibility index (Phi) is 22.8. The van der Waals surface area contributed by atoms with Crippen molar-refractivity contribution < 1.29 is 25.2 Å². The molecule has 0 N–H and O–H groups in total. The monoisotopic (exact) mass is 1750 g/mol. The molecule has 5 nitrogen and oxygen atoms in total. The number of rotatable bonds is 0. The average molecular weight is 1760 g/mol. The maximum atomic E-state index is 12.1. The van der Waals surface area contributed by atoms with E-state index in [1.54, 1.807) is 22.3 Å². The van der Waals surface area contributed by atoms with Gasteiger partial charge in [0.2, 0.25) is 0 Å². The number of Topliss-reactive ketones (excluding diaryl/α,β-unsaturated/α-hetero) is 2. The Hall–Kier alpha value is -13.0. The lowest BCUT2D eigenvalue weighted by molar-refractivity contribution is -0.121. The molecule has 0 saturated heterocycles. The second-order valence-electron chi connectivity index (χ2n) is 41.6. The number of hydrogen-bond donors (Lipinski definition) is 0. The van der Waals surface area contributed by atoms with Crippen molar-refractivity contribution in [2.75, 3.05) is 0 Å². The number of fused-ring (bicyclic) bond motifs is 27. The predicted molar refractivity (Wildman–Crippen MR) is 555 cm³/mol. The van der Waals surface area contributed by atoms with Gasteiger partial charge in [0.1, 0.15) is 42.9 Å². The molecule has 3 saturated carbocycles. The fourth-order valence-electron chi connectivity index (χ4n) is 25.3. The summed E-state index contributed by atoms with van der Waals surface area (Å²) in [6.07, 6.45) is 18.4. The van der Waals surface area contributed by atoms with E-state index in [-0.39, 0.29) is 18.0 Å². The van der Waals surface area contributed by atoms with Crippen molar-refractivity contribution in [2.24, 2.45) is 0 Å². The van der Waals surface area contributed by atoms with Crippen LogP contribution in [-0.2, 0) is 65.5 Å². The second-order valence-corrected chi connectivity index (χ2v) is 41.6. The quantitative estimate of drug-likeness (QED) is 0.151. The first-order valence-corrected chi connectivity index (χ1v) is 49.4. The molecule has 0 bridgehead atoms. The summed E-state index contributed by atoms with van der Waals surface area (Å²) in [4.78, 5) is 23.9. The summed E-state index contributed by atoms with van der Waals surface area (Å²) in [6.45, 7) is 32.1. The smallest absolute Gasteiger partial charge is 0.167 e. The second kappa shape index (κ2) is 34.8. The Bertz CT molecular complexity index is 6900. The Morgan fingerprint density at radius 1 is 0.216 bits per heavy atom. The van der Waals surface area contributed by atoms with Gasteiger partial charge in [0.25, 0.3) is 0 Å². The van der Waals surface area contributed by atoms with E-state index in [0.29, 0.717) is 42.9 Å². The van der Waals surface area contributed by atoms with Gasteiger partial charge in [-0.25, -0.2) is 0 Å². The van der Waals surface area contributed by atoms with E-state index in [4.69, 9.17) is 14.2 Å². The zero-order valence-electron chi connectivity index (χ0n) is 80.9. The highest BCUT2D eigenvalue weighted by Gasteiger charge is 2.50. The summed E-state index contributed by atoms with van der Waals surface area (Å²) in [5, 5.41) is 0. The molecule has 15 aromatic carbocycles. The fraction of sp³-hybridized carbons (Fsp3) is 0.287. The highest BCUT2D eigenvalue weighted by molar-refractivity contribution is 6.07. The molecule has 134 heavy (non-hydrogen) atoms. The molecule has 5 heteroatoms. The largest absolute Gasteiger partial charge is 0.488 e. The lowest BCUT2D eigenvalue weighted by Crippen LogP contribution is -2.31. The van der Waals surface area contributed by atoms with E-state index < -0.39 is 0 Å². The van der Waals surface area contributed by atoms with Crippen LogP contribution in [0.2, 0.25) is 0 Å². The number of ketones is 2. The van der Waals surface area contributed by atoms with Gasteiger partial charge in [-0.1, -0.05) is 336 Å². The molecule has 0 amide bonds. The van der Waals surface area contributed by atoms with Crippen LogP contribution < -0.4 is 14.2 Å². The Morgan fingerprint density at radius 2 is 0.485 bits per heavy atom. The van der Waals surface area contributed by atoms with Crippen LogP contribution in [0.4, 0.5) is 0 Å². The molecule has 3 heterocycles. The highest BCUT2D eigenvalue weighted by atomic mass is 16.5. The lowest BCUT2D eigenvalue weighted by atomic mass is 9.67. The molecule has 12 aliphatic rings. The van der Waals surface area contributed by atoms with Gasteiger partial charge < -0.3 is 14.2 Å². The minimum absolute atomic E-state index is 0. The van der Waals surface area contributed by atoms with Crippen molar-refractivity contribution in [1.29, 1.82) is 0 Å². The van der Waals surface area contributed by atoms with Crippen molar-refractivity contribution >= 4 is 11.6 Å². The van der Waals surface area contributed by atoms with Gasteiger partial charge in [-0.2, -0.15) is 0 Å². The molecule has 4 spiro atoms. The van der Waals surface area contributed by atoms with Crippen LogP contribution in [0, 0.1) is 96.9 Å². The average Bonchev–Trinajstić information content (AvgIpc) is 1.54. The van der Waals surface area contributed by atoms with E-state index in [1.807, 2.05) is 13.0 Å². The Labute approximate surface area is 796 Å². The molecule has 3 fully saturated rings. The van der Waals surface area contributed by atoms with Gasteiger partial charge in [-0.3, -0.25) is 9.59 Å². The molecule has 9 aliphatic carbocycles. The van der Waals surface area contributed by atoms with Crippen molar-refractivity contribution in [3.63, 3.8) is 0 Å². The van der Waals surface area contributed by atoms with Crippen LogP contribution in [0.25, 0.3) is 77.9 Å². The predicted octanol–water partition coefficient (Wildman–Crippen LogP) is 32.3. The first-order valence-electron chi connectivity index (χ1n) is 49.4. The maximum absolute atomic E-state index is 12.1. The maximum Gasteiger partial charge on any atom is 0.167 e. The number of hydrogen-bond acceptors (Lipinski definition) is 5. The van der Waals surface area contributed by atoms with Gasteiger partial charge in [0.05, 0.1) is 0 Å². The third-order valence-electron chi connectivity index (χ3n) is 31.7. The molecule has 3 aliphatic heterocycles. The Morgan fingerprint density at radius 3 is 0.866 bits per heavy atom. The van der Waals surface area contributed by atoms with E-state index in [2.05, 4.69) is 351 Å². The van der Waals surface area contributed by atoms with Crippen molar-refractivity contribution in [1.82, 2.24) is 0 Å². The minimum Gasteiger partial charge on any atom is -0.488 e. The van der Waals surface area contributed by atoms with Crippen molar-refractivity contribution in [3.05, 3.63) is 428 Å². The zero-order valence-corrected chi connectivity index (χ0v) is 80.9. The summed E-state index contributed by atoms with van der Waals surface area (Å²) in [7, 11) is 0. The molecule has 27 rings (SSSR count). The summed E-state index contributed by atoms with van der Waals surface area (Å²) in [6, 6.07) is 99.0. The highest BCUT2D eigenvalue weighted by Crippen LogP contribution is 2.62. The molecule has 672 valence electrons. The summed E-state index contributed by atoms with van der Waals surface area (Å²) >= 11 is 0. The normalized spacial score (nSPS) is 16.3. The first-order chi connectivity index (χ1) is 64.8. The van der Waals surface area contributed by atoms with E-state index in [1.165, 1.54) is 253 Å². The van der Waals surface area contributed by atoms with Gasteiger partial charge >= 0.3 is 0 Å². The van der Waals surface area contributed by atoms with Gasteiger partial charge in [0, 0.05) is 75.7 Å². The van der Waals surface area contributed by atoms with Crippen LogP contribution in [0.15, 0.2) is 267 Å². The van der Waals surface area contributed by atoms with Crippen LogP contribution in [0.1, 0.15) is 251 Å². The molecule has 0 radical (unpaired) electrons. The number of carbonyl (C=O) groups is 2. The third kappa shape index (κ3) is 15.6. The van der Waals surface area contributed by atoms with Crippen LogP contribution in [0.3, 0.4) is 0 Å². The molecule has 0 atom stereocenters. The van der Waals surface area contributed by atoms with Crippen molar-refractivity contribution in [2.45, 2.75) is 241 Å². The molecule has 0 unspecified atom stereocenters. The van der Waals surface area contributed by atoms with E-state index >= 15 is 0 Å². The van der Waals surface area contributed by atoms with E-state index in [9.17, 15) is 9.59 Å². The molecular weight excluding hydrogens is 1630 g/mol. The number of aryl methyl sites for hydroxylation is 14. The van der Waals surface area contributed by atoms with Crippen LogP contribution >= 0.6 is 0 Å². The molecular formula is C129H126O5. The SMILES string of the molecule is Cc1cc2c3c(c1)OCc1cc(C)cc(c1-3)OC2.Cc1ccc2c(c1)C1(CCC(=O)CC1)c1cc(C)ccc1-2.Cc1ccc2c(c1)C1(CCCC1)c1cc(C)ccc1-2.Cc1ccc2c(c1)C1(CCCCC1)c1cc(C)ccc1-2.Cc1ccc2c(c1)C1(Cc3ccccc3C1)c1cc(C)ccc1-2.Cc1ccc2c(c1)CC(=O)c1cc(C)ccc1-2.Cc1ccc2c(c1)COc1cc(C)ccc1-2.[HH]. The zero-order chi connectivity index (χ0) is 92.4. The van der Waals surface area contributed by atoms with E-state index in [0.717, 1.165) is 78.0 Å². The number of carbonyl (C=O) groups excluding carboxylic acids is 2. The first kappa shape index (κ1) is 87.7. The molecule has 0 aromatic heterocycles. The standard InChI is InChI=1S/C23H20.C20H20O.C20H22.C19H20.C16H14O2.C16H14O.C15H14O.H2/c1-15-7-9-19-20-10-8-16(2)12-22(20)23(21(19)11-15)13-17-5-3-4-6-18(17)14-23;1-13-3-5-16-17-6-4-14(2)12-19(17)20(18(16)11-13)9-7-15(21)8-10-20;1-14-6-8-16-17-9-7-15(2)13-19(17)20(18(16)12-14)10-4-3-5-11-20;1-13-5-7-15-16-8-6-14(2)12-18(16)19(17(15)11-13)9-3-4-10-19;1-9-3-11-7-18-14-6-10(2)4-12-8-17-13(5-9)15(11)16(12)14;1-10-3-5-13-12(7-10)9-16(17)15-8-11(2)4-6-14(13)15;1-10-3-5-13-12(7-10)9-16-15-8-11(2)4-6-14(13)15;/h3-12H,13-14H2,1-2H3;3-6,11-12H,7-10H2,1-2H3;6-9,12-13H,3-5,10-11H2,1-2H3;5-8,11-12H,3-4,9-10H2,1-2H3;3-6H,7-8H2,1-2H3;3-8H,9H2,1-2H3;3-8H,9H2,1-2H3;1H. The van der Waals surface area contributed by atoms with Crippen molar-refractivity contribution in [3.8, 4) is 95.1 Å². The third-order valence-corrected chi connectivity index (χ3v) is 31.7. The van der Waals surface area contributed by atoms with Crippen LogP contribution in [0.5, 0.6) is 17.2 Å². The topological polar surface area (TPSA) is 61.8 Å². The van der Waals surface area contributed by atoms with Gasteiger partial charge in [0.15, 0.2) is 5.78 Å². The molecule has 15 aromatic rings. The fourth-order valence-corrected chi connectivity index (χ4v) is 25.3. The Balaban J connectivity index is 0.0000000978. The summed E-state index contributed by atoms with van der Waals surface area (Å²) in [5.41, 5.74) is 59.3. The summed E-state index contributed by atoms with van der Waals surface area (Å²) < 4.78 is 17.6. The van der Waals surface area contributed by atoms with Gasteiger partial charge in [-0.15, -0.1) is 0 Å². The van der Waals surface area contributed by atoms with Gasteiger partial charge in [-0.05, 0) is 317 Å². The minimum atomic E-state index is 0. The lowest BCUT2D eigenvalue weighted by Gasteiger charge is -2.36. The van der Waals surface area contributed by atoms with Crippen LogP contribution in [-0.4, -0.2) is 11.6 Å². The number of benzene rings is 15.